The maximum atomic E-state index is 14.9. The topological polar surface area (TPSA) is 99.8 Å². The Hall–Kier alpha value is -5.05. The second-order valence-corrected chi connectivity index (χ2v) is 10.5. The van der Waals surface area contributed by atoms with E-state index in [0.717, 1.165) is 65.0 Å². The number of carbonyl (C=O) groups is 1. The van der Waals surface area contributed by atoms with E-state index in [1.54, 1.807) is 25.4 Å². The number of hydrogen-bond donors (Lipinski definition) is 2. The van der Waals surface area contributed by atoms with Gasteiger partial charge in [0.1, 0.15) is 17.0 Å². The number of carboxylic acid groups (broad SMARTS) is 1. The minimum atomic E-state index is -1.33. The quantitative estimate of drug-likeness (QED) is 0.306. The van der Waals surface area contributed by atoms with Crippen molar-refractivity contribution in [3.8, 4) is 22.3 Å². The Morgan fingerprint density at radius 2 is 1.90 bits per heavy atom. The fraction of sp³-hybridized carbons (Fsp3) is 0.188. The molecule has 1 atom stereocenters. The first-order valence-corrected chi connectivity index (χ1v) is 13.5. The summed E-state index contributed by atoms with van der Waals surface area (Å²) in [4.78, 5) is 36.0. The Morgan fingerprint density at radius 1 is 1.07 bits per heavy atom. The number of pyridine rings is 2. The molecule has 5 aromatic rings. The number of nitrogens with one attached hydrogen (secondary N) is 1. The average molecular weight is 548 g/mol. The van der Waals surface area contributed by atoms with Crippen molar-refractivity contribution in [3.05, 3.63) is 112 Å². The van der Waals surface area contributed by atoms with Crippen molar-refractivity contribution in [1.29, 1.82) is 0 Å². The molecule has 0 bridgehead atoms. The lowest BCUT2D eigenvalue weighted by molar-refractivity contribution is 0.0694. The van der Waals surface area contributed by atoms with Crippen LogP contribution in [-0.4, -0.2) is 45.6 Å². The maximum absolute atomic E-state index is 14.9. The fourth-order valence-corrected chi connectivity index (χ4v) is 6.28. The van der Waals surface area contributed by atoms with Crippen LogP contribution in [0.4, 0.5) is 15.8 Å². The molecule has 8 nitrogen and oxygen atoms in total. The monoisotopic (exact) mass is 547 g/mol. The van der Waals surface area contributed by atoms with Gasteiger partial charge >= 0.3 is 5.97 Å². The van der Waals surface area contributed by atoms with Crippen LogP contribution in [0.1, 0.15) is 39.5 Å². The summed E-state index contributed by atoms with van der Waals surface area (Å²) in [5.74, 6) is -1.33. The number of fused-ring (bicyclic) bond motifs is 4. The van der Waals surface area contributed by atoms with Gasteiger partial charge in [0.15, 0.2) is 0 Å². The molecule has 1 aliphatic carbocycles. The highest BCUT2D eigenvalue weighted by molar-refractivity contribution is 5.96. The van der Waals surface area contributed by atoms with E-state index in [0.29, 0.717) is 23.5 Å². The molecule has 2 aliphatic rings. The maximum Gasteiger partial charge on any atom is 0.342 e. The standard InChI is InChI=1S/C32H26FN5O3/c1-34-26-12-21(33)11-23-22(26)13-27-29(23)30(37-10-9-19(16-37)18-5-3-2-4-6-18)24(14-35-27)20-7-8-28-36-15-25(32(40)41)31(39)38(28)17-20/h2-8,11-12,14-15,17,19,34H,9-10,13,16H2,1H3,(H,40,41). The number of nitrogens with zero attached hydrogens (tertiary/aromatic N) is 4. The molecule has 1 saturated heterocycles. The summed E-state index contributed by atoms with van der Waals surface area (Å²) in [7, 11) is 1.79. The number of benzene rings is 2. The first-order valence-electron chi connectivity index (χ1n) is 13.5. The summed E-state index contributed by atoms with van der Waals surface area (Å²) in [6.07, 6.45) is 6.05. The second-order valence-electron chi connectivity index (χ2n) is 10.5. The third-order valence-electron chi connectivity index (χ3n) is 8.25. The fourth-order valence-electron chi connectivity index (χ4n) is 6.28. The Morgan fingerprint density at radius 3 is 2.68 bits per heavy atom. The highest BCUT2D eigenvalue weighted by Gasteiger charge is 2.33. The van der Waals surface area contributed by atoms with E-state index >= 15 is 0 Å². The zero-order chi connectivity index (χ0) is 28.2. The van der Waals surface area contributed by atoms with Gasteiger partial charge in [0.05, 0.1) is 11.4 Å². The first-order chi connectivity index (χ1) is 19.9. The lowest BCUT2D eigenvalue weighted by atomic mass is 9.97. The van der Waals surface area contributed by atoms with Crippen molar-refractivity contribution in [1.82, 2.24) is 14.4 Å². The molecule has 0 spiro atoms. The minimum Gasteiger partial charge on any atom is -0.477 e. The number of halogens is 1. The zero-order valence-corrected chi connectivity index (χ0v) is 22.3. The van der Waals surface area contributed by atoms with Gasteiger partial charge < -0.3 is 15.3 Å². The van der Waals surface area contributed by atoms with Gasteiger partial charge in [-0.1, -0.05) is 30.3 Å². The van der Waals surface area contributed by atoms with Crippen molar-refractivity contribution in [3.63, 3.8) is 0 Å². The molecule has 2 aromatic carbocycles. The molecule has 2 N–H and O–H groups in total. The Balaban J connectivity index is 1.45. The van der Waals surface area contributed by atoms with E-state index < -0.39 is 17.1 Å². The van der Waals surface area contributed by atoms with Crippen LogP contribution in [0.5, 0.6) is 0 Å². The number of anilines is 2. The van der Waals surface area contributed by atoms with Gasteiger partial charge in [0.2, 0.25) is 0 Å². The molecule has 4 heterocycles. The van der Waals surface area contributed by atoms with Crippen LogP contribution < -0.4 is 15.8 Å². The molecular weight excluding hydrogens is 521 g/mol. The number of carboxylic acids is 1. The third kappa shape index (κ3) is 4.04. The van der Waals surface area contributed by atoms with Crippen molar-refractivity contribution >= 4 is 23.0 Å². The Labute approximate surface area is 234 Å². The second kappa shape index (κ2) is 9.55. The number of aromatic carboxylic acids is 1. The van der Waals surface area contributed by atoms with Crippen molar-refractivity contribution in [2.45, 2.75) is 18.8 Å². The molecule has 1 aliphatic heterocycles. The van der Waals surface area contributed by atoms with Gasteiger partial charge in [0, 0.05) is 73.4 Å². The highest BCUT2D eigenvalue weighted by atomic mass is 19.1. The molecule has 204 valence electrons. The first kappa shape index (κ1) is 25.0. The van der Waals surface area contributed by atoms with Gasteiger partial charge in [-0.15, -0.1) is 0 Å². The molecule has 3 aromatic heterocycles. The summed E-state index contributed by atoms with van der Waals surface area (Å²) in [5, 5.41) is 12.6. The molecule has 1 fully saturated rings. The molecule has 0 saturated carbocycles. The van der Waals surface area contributed by atoms with E-state index in [2.05, 4.69) is 39.5 Å². The van der Waals surface area contributed by atoms with Gasteiger partial charge in [-0.3, -0.25) is 14.2 Å². The largest absolute Gasteiger partial charge is 0.477 e. The van der Waals surface area contributed by atoms with E-state index in [-0.39, 0.29) is 5.82 Å². The van der Waals surface area contributed by atoms with Crippen molar-refractivity contribution in [2.24, 2.45) is 0 Å². The molecule has 0 amide bonds. The van der Waals surface area contributed by atoms with Gasteiger partial charge in [-0.25, -0.2) is 14.2 Å². The summed E-state index contributed by atoms with van der Waals surface area (Å²) >= 11 is 0. The van der Waals surface area contributed by atoms with Gasteiger partial charge in [-0.05, 0) is 47.4 Å². The molecule has 1 unspecified atom stereocenters. The Bertz CT molecular complexity index is 1920. The SMILES string of the molecule is CNc1cc(F)cc2c1Cc1ncc(-c3ccc4ncc(C(=O)O)c(=O)n4c3)c(N3CCC(c4ccccc4)C3)c1-2. The Kier molecular flexibility index (Phi) is 5.81. The van der Waals surface area contributed by atoms with E-state index in [1.807, 2.05) is 18.3 Å². The summed E-state index contributed by atoms with van der Waals surface area (Å²) in [6, 6.07) is 17.1. The normalized spacial score (nSPS) is 15.7. The van der Waals surface area contributed by atoms with Crippen LogP contribution in [0.3, 0.4) is 0 Å². The predicted molar refractivity (Wildman–Crippen MR) is 155 cm³/mol. The van der Waals surface area contributed by atoms with E-state index in [1.165, 1.54) is 16.0 Å². The van der Waals surface area contributed by atoms with Crippen LogP contribution in [0.15, 0.2) is 78.0 Å². The smallest absolute Gasteiger partial charge is 0.342 e. The minimum absolute atomic E-state index is 0.328. The van der Waals surface area contributed by atoms with Crippen molar-refractivity contribution in [2.75, 3.05) is 30.4 Å². The lowest BCUT2D eigenvalue weighted by Crippen LogP contribution is -2.23. The predicted octanol–water partition coefficient (Wildman–Crippen LogP) is 5.20. The van der Waals surface area contributed by atoms with Crippen LogP contribution in [-0.2, 0) is 6.42 Å². The molecule has 9 heteroatoms. The van der Waals surface area contributed by atoms with Crippen LogP contribution >= 0.6 is 0 Å². The molecule has 0 radical (unpaired) electrons. The molecular formula is C32H26FN5O3. The average Bonchev–Trinajstić information content (AvgIpc) is 3.62. The van der Waals surface area contributed by atoms with Crippen LogP contribution in [0.2, 0.25) is 0 Å². The number of rotatable bonds is 5. The van der Waals surface area contributed by atoms with Crippen molar-refractivity contribution < 1.29 is 14.3 Å². The van der Waals surface area contributed by atoms with Crippen LogP contribution in [0.25, 0.3) is 27.9 Å². The molecule has 7 rings (SSSR count). The van der Waals surface area contributed by atoms with E-state index in [4.69, 9.17) is 4.98 Å². The number of hydrogen-bond acceptors (Lipinski definition) is 6. The van der Waals surface area contributed by atoms with E-state index in [9.17, 15) is 19.1 Å². The molecule has 41 heavy (non-hydrogen) atoms. The van der Waals surface area contributed by atoms with Gasteiger partial charge in [0.25, 0.3) is 5.56 Å². The summed E-state index contributed by atoms with van der Waals surface area (Å²) < 4.78 is 16.1. The van der Waals surface area contributed by atoms with Gasteiger partial charge in [-0.2, -0.15) is 0 Å². The number of aromatic nitrogens is 3. The third-order valence-corrected chi connectivity index (χ3v) is 8.25. The highest BCUT2D eigenvalue weighted by Crippen LogP contribution is 2.50. The van der Waals surface area contributed by atoms with Crippen LogP contribution in [0, 0.1) is 5.82 Å². The summed E-state index contributed by atoms with van der Waals surface area (Å²) in [5.41, 5.74) is 7.29. The lowest BCUT2D eigenvalue weighted by Gasteiger charge is -2.26. The zero-order valence-electron chi connectivity index (χ0n) is 22.3. The summed E-state index contributed by atoms with van der Waals surface area (Å²) in [6.45, 7) is 1.57.